The van der Waals surface area contributed by atoms with Crippen LogP contribution in [-0.4, -0.2) is 17.4 Å². The van der Waals surface area contributed by atoms with Crippen LogP contribution >= 0.6 is 0 Å². The van der Waals surface area contributed by atoms with Gasteiger partial charge >= 0.3 is 6.18 Å². The van der Waals surface area contributed by atoms with Crippen molar-refractivity contribution in [3.63, 3.8) is 0 Å². The fraction of sp³-hybridized carbons (Fsp3) is 0.143. The number of carbonyl (C=O) groups excluding carboxylic acids is 1. The van der Waals surface area contributed by atoms with E-state index in [1.165, 1.54) is 18.4 Å². The molecule has 1 amide bonds. The third-order valence-electron chi connectivity index (χ3n) is 3.71. The Morgan fingerprint density at radius 2 is 1.89 bits per heavy atom. The zero-order valence-corrected chi connectivity index (χ0v) is 14.6. The Balaban J connectivity index is 1.52. The van der Waals surface area contributed by atoms with E-state index < -0.39 is 11.7 Å². The molecule has 0 aliphatic rings. The van der Waals surface area contributed by atoms with Crippen LogP contribution in [0.4, 0.5) is 13.2 Å². The summed E-state index contributed by atoms with van der Waals surface area (Å²) in [6.45, 7) is 0.0124. The van der Waals surface area contributed by atoms with Gasteiger partial charge in [-0.3, -0.25) is 4.79 Å². The molecule has 0 saturated heterocycles. The van der Waals surface area contributed by atoms with Gasteiger partial charge in [-0.25, -0.2) is 4.98 Å². The number of amides is 1. The summed E-state index contributed by atoms with van der Waals surface area (Å²) in [4.78, 5) is 16.2. The third-order valence-corrected chi connectivity index (χ3v) is 3.71. The predicted molar refractivity (Wildman–Crippen MR) is 97.0 cm³/mol. The lowest BCUT2D eigenvalue weighted by Crippen LogP contribution is -2.25. The van der Waals surface area contributed by atoms with Crippen molar-refractivity contribution in [2.45, 2.75) is 12.6 Å². The summed E-state index contributed by atoms with van der Waals surface area (Å²) in [6.07, 6.45) is -2.99. The Hall–Kier alpha value is -3.53. The van der Waals surface area contributed by atoms with Crippen molar-refractivity contribution >= 4 is 5.91 Å². The summed E-state index contributed by atoms with van der Waals surface area (Å²) < 4.78 is 43.3. The summed E-state index contributed by atoms with van der Waals surface area (Å²) in [6, 6.07) is 14.0. The van der Waals surface area contributed by atoms with Crippen LogP contribution in [0.25, 0.3) is 11.5 Å². The molecule has 0 radical (unpaired) electrons. The Bertz CT molecular complexity index is 1020. The number of alkyl halides is 3. The van der Waals surface area contributed by atoms with Crippen molar-refractivity contribution in [1.29, 1.82) is 0 Å². The molecular formula is C21H15F3N2O2. The number of hydrogen-bond acceptors (Lipinski definition) is 3. The number of rotatable bonds is 4. The van der Waals surface area contributed by atoms with Gasteiger partial charge in [0.15, 0.2) is 0 Å². The van der Waals surface area contributed by atoms with E-state index in [1.807, 2.05) is 30.3 Å². The van der Waals surface area contributed by atoms with Crippen LogP contribution in [0.2, 0.25) is 0 Å². The van der Waals surface area contributed by atoms with Gasteiger partial charge in [0, 0.05) is 11.1 Å². The van der Waals surface area contributed by atoms with Crippen LogP contribution in [0, 0.1) is 11.8 Å². The van der Waals surface area contributed by atoms with E-state index in [0.29, 0.717) is 11.6 Å². The minimum Gasteiger partial charge on any atom is -0.444 e. The maximum atomic E-state index is 12.7. The van der Waals surface area contributed by atoms with Crippen molar-refractivity contribution in [3.05, 3.63) is 77.7 Å². The summed E-state index contributed by atoms with van der Waals surface area (Å²) in [5.41, 5.74) is 0.750. The van der Waals surface area contributed by atoms with Gasteiger partial charge in [0.1, 0.15) is 6.26 Å². The molecular weight excluding hydrogens is 369 g/mol. The summed E-state index contributed by atoms with van der Waals surface area (Å²) in [5, 5.41) is 2.58. The average molecular weight is 384 g/mol. The van der Waals surface area contributed by atoms with Crippen LogP contribution in [-0.2, 0) is 17.4 Å². The molecule has 0 saturated carbocycles. The zero-order valence-electron chi connectivity index (χ0n) is 14.6. The number of hydrogen-bond donors (Lipinski definition) is 1. The fourth-order valence-corrected chi connectivity index (χ4v) is 2.39. The molecule has 3 aromatic rings. The normalized spacial score (nSPS) is 10.8. The minimum absolute atomic E-state index is 0.0124. The molecule has 28 heavy (non-hydrogen) atoms. The van der Waals surface area contributed by atoms with Crippen molar-refractivity contribution in [2.24, 2.45) is 0 Å². The SMILES string of the molecule is O=C(Cc1coc(-c2ccccc2)n1)NCC#Cc1cccc(C(F)(F)F)c1. The Morgan fingerprint density at radius 3 is 2.64 bits per heavy atom. The maximum Gasteiger partial charge on any atom is 0.416 e. The fourth-order valence-electron chi connectivity index (χ4n) is 2.39. The van der Waals surface area contributed by atoms with Crippen molar-refractivity contribution in [1.82, 2.24) is 10.3 Å². The van der Waals surface area contributed by atoms with Crippen LogP contribution in [0.5, 0.6) is 0 Å². The molecule has 0 unspecified atom stereocenters. The van der Waals surface area contributed by atoms with Crippen LogP contribution in [0.15, 0.2) is 65.3 Å². The average Bonchev–Trinajstić information content (AvgIpc) is 3.14. The standard InChI is InChI=1S/C21H15F3N2O2/c22-21(23,24)17-10-4-6-15(12-17)7-5-11-25-19(27)13-18-14-28-20(26-18)16-8-2-1-3-9-16/h1-4,6,8-10,12,14H,11,13H2,(H,25,27). The zero-order chi connectivity index (χ0) is 20.0. The highest BCUT2D eigenvalue weighted by Crippen LogP contribution is 2.29. The Morgan fingerprint density at radius 1 is 1.11 bits per heavy atom. The Labute approximate surface area is 159 Å². The smallest absolute Gasteiger partial charge is 0.416 e. The largest absolute Gasteiger partial charge is 0.444 e. The number of carbonyl (C=O) groups is 1. The van der Waals surface area contributed by atoms with E-state index in [2.05, 4.69) is 22.1 Å². The molecule has 2 aromatic carbocycles. The molecule has 0 aliphatic heterocycles. The highest BCUT2D eigenvalue weighted by atomic mass is 19.4. The number of nitrogens with zero attached hydrogens (tertiary/aromatic N) is 1. The number of halogens is 3. The number of benzene rings is 2. The van der Waals surface area contributed by atoms with Gasteiger partial charge in [-0.1, -0.05) is 36.1 Å². The molecule has 0 spiro atoms. The van der Waals surface area contributed by atoms with Crippen molar-refractivity contribution in [2.75, 3.05) is 6.54 Å². The van der Waals surface area contributed by atoms with Crippen LogP contribution in [0.3, 0.4) is 0 Å². The maximum absolute atomic E-state index is 12.7. The first-order valence-corrected chi connectivity index (χ1v) is 8.34. The second-order valence-corrected chi connectivity index (χ2v) is 5.84. The molecule has 7 heteroatoms. The second kappa shape index (κ2) is 8.44. The van der Waals surface area contributed by atoms with E-state index >= 15 is 0 Å². The predicted octanol–water partition coefficient (Wildman–Crippen LogP) is 4.07. The van der Waals surface area contributed by atoms with Gasteiger partial charge < -0.3 is 9.73 Å². The minimum atomic E-state index is -4.41. The van der Waals surface area contributed by atoms with Gasteiger partial charge in [-0.15, -0.1) is 0 Å². The second-order valence-electron chi connectivity index (χ2n) is 5.84. The molecule has 1 aromatic heterocycles. The third kappa shape index (κ3) is 5.24. The first kappa shape index (κ1) is 19.2. The van der Waals surface area contributed by atoms with Crippen LogP contribution < -0.4 is 5.32 Å². The topological polar surface area (TPSA) is 55.1 Å². The van der Waals surface area contributed by atoms with Crippen molar-refractivity contribution in [3.8, 4) is 23.3 Å². The summed E-state index contributed by atoms with van der Waals surface area (Å²) in [7, 11) is 0. The lowest BCUT2D eigenvalue weighted by atomic mass is 10.1. The number of nitrogens with one attached hydrogen (secondary N) is 1. The van der Waals surface area contributed by atoms with Gasteiger partial charge in [0.25, 0.3) is 0 Å². The molecule has 0 bridgehead atoms. The lowest BCUT2D eigenvalue weighted by Gasteiger charge is -2.05. The molecule has 0 fully saturated rings. The summed E-state index contributed by atoms with van der Waals surface area (Å²) >= 11 is 0. The monoisotopic (exact) mass is 384 g/mol. The molecule has 3 rings (SSSR count). The molecule has 4 nitrogen and oxygen atoms in total. The molecule has 1 heterocycles. The molecule has 0 aliphatic carbocycles. The molecule has 142 valence electrons. The van der Waals surface area contributed by atoms with Crippen molar-refractivity contribution < 1.29 is 22.4 Å². The van der Waals surface area contributed by atoms with E-state index in [9.17, 15) is 18.0 Å². The number of aromatic nitrogens is 1. The Kier molecular flexibility index (Phi) is 5.80. The molecule has 1 N–H and O–H groups in total. The highest BCUT2D eigenvalue weighted by Gasteiger charge is 2.30. The van der Waals surface area contributed by atoms with Gasteiger partial charge in [-0.2, -0.15) is 13.2 Å². The molecule has 0 atom stereocenters. The highest BCUT2D eigenvalue weighted by molar-refractivity contribution is 5.78. The van der Waals surface area contributed by atoms with Crippen LogP contribution in [0.1, 0.15) is 16.8 Å². The van der Waals surface area contributed by atoms with E-state index in [4.69, 9.17) is 4.42 Å². The van der Waals surface area contributed by atoms with Gasteiger partial charge in [0.05, 0.1) is 24.2 Å². The summed E-state index contributed by atoms with van der Waals surface area (Å²) in [5.74, 6) is 5.35. The van der Waals surface area contributed by atoms with E-state index in [-0.39, 0.29) is 24.4 Å². The van der Waals surface area contributed by atoms with Gasteiger partial charge in [-0.05, 0) is 30.3 Å². The lowest BCUT2D eigenvalue weighted by molar-refractivity contribution is -0.137. The first-order chi connectivity index (χ1) is 13.4. The van der Waals surface area contributed by atoms with E-state index in [1.54, 1.807) is 0 Å². The number of oxazole rings is 1. The quantitative estimate of drug-likeness (QED) is 0.690. The van der Waals surface area contributed by atoms with Gasteiger partial charge in [0.2, 0.25) is 11.8 Å². The van der Waals surface area contributed by atoms with E-state index in [0.717, 1.165) is 17.7 Å². The first-order valence-electron chi connectivity index (χ1n) is 8.34.